The zero-order chi connectivity index (χ0) is 24.2. The Hall–Kier alpha value is -2.88. The first-order valence-electron chi connectivity index (χ1n) is 10.6. The number of alkyl halides is 3. The first kappa shape index (κ1) is 24.8. The number of rotatable bonds is 10. The molecule has 1 aromatic heterocycles. The molecule has 0 saturated heterocycles. The first-order valence-corrected chi connectivity index (χ1v) is 11.0. The van der Waals surface area contributed by atoms with Gasteiger partial charge in [0.1, 0.15) is 0 Å². The van der Waals surface area contributed by atoms with Crippen LogP contribution in [0.25, 0.3) is 0 Å². The van der Waals surface area contributed by atoms with E-state index in [0.717, 1.165) is 0 Å². The van der Waals surface area contributed by atoms with Crippen molar-refractivity contribution in [2.45, 2.75) is 51.7 Å². The predicted molar refractivity (Wildman–Crippen MR) is 115 cm³/mol. The van der Waals surface area contributed by atoms with E-state index in [0.29, 0.717) is 49.9 Å². The summed E-state index contributed by atoms with van der Waals surface area (Å²) in [5, 5.41) is 5.84. The van der Waals surface area contributed by atoms with E-state index in [1.165, 1.54) is 16.5 Å². The highest BCUT2D eigenvalue weighted by Gasteiger charge is 2.38. The minimum atomic E-state index is -4.61. The van der Waals surface area contributed by atoms with Crippen LogP contribution >= 0.6 is 11.6 Å². The zero-order valence-corrected chi connectivity index (χ0v) is 18.8. The molecule has 7 nitrogen and oxygen atoms in total. The van der Waals surface area contributed by atoms with Crippen molar-refractivity contribution in [3.05, 3.63) is 51.8 Å². The minimum Gasteiger partial charge on any atom is -0.356 e. The Labute approximate surface area is 193 Å². The molecule has 0 aliphatic carbocycles. The van der Waals surface area contributed by atoms with Gasteiger partial charge in [0.25, 0.3) is 11.8 Å². The molecule has 0 atom stereocenters. The van der Waals surface area contributed by atoms with Gasteiger partial charge in [-0.1, -0.05) is 30.2 Å². The van der Waals surface area contributed by atoms with E-state index in [1.54, 1.807) is 24.3 Å². The average Bonchev–Trinajstić information content (AvgIpc) is 3.19. The monoisotopic (exact) mass is 484 g/mol. The molecule has 11 heteroatoms. The molecule has 3 rings (SSSR count). The van der Waals surface area contributed by atoms with Crippen molar-refractivity contribution in [2.75, 3.05) is 13.1 Å². The van der Waals surface area contributed by atoms with Gasteiger partial charge in [-0.2, -0.15) is 18.3 Å². The van der Waals surface area contributed by atoms with E-state index in [1.807, 2.05) is 0 Å². The SMILES string of the molecule is Cc1c(Cl)c(C(F)(F)F)nn1CCCNC(=O)CCCCCN1C(=O)c2ccccc2C1=O. The molecule has 0 bridgehead atoms. The molecule has 0 radical (unpaired) electrons. The number of nitrogens with one attached hydrogen (secondary N) is 1. The Morgan fingerprint density at radius 1 is 1.03 bits per heavy atom. The fourth-order valence-electron chi connectivity index (χ4n) is 3.64. The number of aryl methyl sites for hydroxylation is 1. The number of imide groups is 1. The van der Waals surface area contributed by atoms with Crippen LogP contribution in [0.1, 0.15) is 64.2 Å². The molecule has 1 aliphatic rings. The van der Waals surface area contributed by atoms with Gasteiger partial charge in [0, 0.05) is 26.1 Å². The quantitative estimate of drug-likeness (QED) is 0.404. The maximum atomic E-state index is 12.8. The van der Waals surface area contributed by atoms with E-state index in [2.05, 4.69) is 10.4 Å². The first-order chi connectivity index (χ1) is 15.6. The van der Waals surface area contributed by atoms with Crippen LogP contribution in [0.3, 0.4) is 0 Å². The highest BCUT2D eigenvalue weighted by atomic mass is 35.5. The Balaban J connectivity index is 1.31. The number of carbonyl (C=O) groups is 3. The van der Waals surface area contributed by atoms with E-state index in [4.69, 9.17) is 11.6 Å². The van der Waals surface area contributed by atoms with Crippen molar-refractivity contribution in [1.29, 1.82) is 0 Å². The third-order valence-corrected chi connectivity index (χ3v) is 5.89. The number of carbonyl (C=O) groups excluding carboxylic acids is 3. The van der Waals surface area contributed by atoms with Crippen LogP contribution in [-0.4, -0.2) is 45.5 Å². The van der Waals surface area contributed by atoms with Crippen molar-refractivity contribution in [3.63, 3.8) is 0 Å². The summed E-state index contributed by atoms with van der Waals surface area (Å²) in [6, 6.07) is 6.71. The maximum absolute atomic E-state index is 12.8. The van der Waals surface area contributed by atoms with E-state index in [-0.39, 0.29) is 36.4 Å². The Kier molecular flexibility index (Phi) is 7.78. The molecule has 1 N–H and O–H groups in total. The van der Waals surface area contributed by atoms with Crippen LogP contribution in [0.15, 0.2) is 24.3 Å². The van der Waals surface area contributed by atoms with Crippen molar-refractivity contribution in [3.8, 4) is 0 Å². The molecule has 3 amide bonds. The van der Waals surface area contributed by atoms with Gasteiger partial charge < -0.3 is 5.32 Å². The summed E-state index contributed by atoms with van der Waals surface area (Å²) in [5.74, 6) is -0.740. The van der Waals surface area contributed by atoms with Gasteiger partial charge in [0.15, 0.2) is 5.69 Å². The number of unbranched alkanes of at least 4 members (excludes halogenated alkanes) is 2. The van der Waals surface area contributed by atoms with Gasteiger partial charge in [-0.15, -0.1) is 0 Å². The van der Waals surface area contributed by atoms with Gasteiger partial charge in [-0.25, -0.2) is 0 Å². The lowest BCUT2D eigenvalue weighted by molar-refractivity contribution is -0.141. The topological polar surface area (TPSA) is 84.3 Å². The molecule has 0 spiro atoms. The van der Waals surface area contributed by atoms with Crippen LogP contribution < -0.4 is 5.32 Å². The lowest BCUT2D eigenvalue weighted by Crippen LogP contribution is -2.30. The minimum absolute atomic E-state index is 0.165. The number of benzene rings is 1. The number of aromatic nitrogens is 2. The molecule has 2 aromatic rings. The number of hydrogen-bond acceptors (Lipinski definition) is 4. The molecule has 0 fully saturated rings. The van der Waals surface area contributed by atoms with Crippen molar-refractivity contribution in [1.82, 2.24) is 20.0 Å². The normalized spacial score (nSPS) is 13.5. The zero-order valence-electron chi connectivity index (χ0n) is 18.0. The van der Waals surface area contributed by atoms with Crippen molar-refractivity contribution in [2.24, 2.45) is 0 Å². The van der Waals surface area contributed by atoms with E-state index >= 15 is 0 Å². The Bertz CT molecular complexity index is 1020. The third-order valence-electron chi connectivity index (χ3n) is 5.43. The summed E-state index contributed by atoms with van der Waals surface area (Å²) in [4.78, 5) is 37.8. The van der Waals surface area contributed by atoms with Gasteiger partial charge in [-0.05, 0) is 38.3 Å². The maximum Gasteiger partial charge on any atom is 0.436 e. The number of fused-ring (bicyclic) bond motifs is 1. The molecule has 1 aromatic carbocycles. The van der Waals surface area contributed by atoms with Crippen molar-refractivity contribution < 1.29 is 27.6 Å². The van der Waals surface area contributed by atoms with E-state index in [9.17, 15) is 27.6 Å². The third kappa shape index (κ3) is 5.73. The molecular weight excluding hydrogens is 461 g/mol. The van der Waals surface area contributed by atoms with Crippen LogP contribution in [0.4, 0.5) is 13.2 Å². The predicted octanol–water partition coefficient (Wildman–Crippen LogP) is 4.23. The Morgan fingerprint density at radius 3 is 2.24 bits per heavy atom. The lowest BCUT2D eigenvalue weighted by Gasteiger charge is -2.13. The second kappa shape index (κ2) is 10.4. The number of amides is 3. The van der Waals surface area contributed by atoms with Crippen LogP contribution in [0, 0.1) is 6.92 Å². The molecule has 1 aliphatic heterocycles. The smallest absolute Gasteiger partial charge is 0.356 e. The van der Waals surface area contributed by atoms with Gasteiger partial charge in [0.2, 0.25) is 5.91 Å². The molecule has 2 heterocycles. The molecule has 0 unspecified atom stereocenters. The highest BCUT2D eigenvalue weighted by Crippen LogP contribution is 2.35. The molecule has 0 saturated carbocycles. The number of hydrogen-bond donors (Lipinski definition) is 1. The Morgan fingerprint density at radius 2 is 1.67 bits per heavy atom. The van der Waals surface area contributed by atoms with E-state index < -0.39 is 16.9 Å². The highest BCUT2D eigenvalue weighted by molar-refractivity contribution is 6.32. The molecule has 33 heavy (non-hydrogen) atoms. The lowest BCUT2D eigenvalue weighted by atomic mass is 10.1. The summed E-state index contributed by atoms with van der Waals surface area (Å²) in [6.07, 6.45) is -2.06. The second-order valence-corrected chi connectivity index (χ2v) is 8.17. The van der Waals surface area contributed by atoms with Crippen LogP contribution in [0.2, 0.25) is 5.02 Å². The molecular formula is C22H24ClF3N4O3. The summed E-state index contributed by atoms with van der Waals surface area (Å²) in [7, 11) is 0. The average molecular weight is 485 g/mol. The standard InChI is InChI=1S/C22H24ClF3N4O3/c1-14-18(23)19(22(24,25)26)28-30(14)13-7-11-27-17(31)10-3-2-6-12-29-20(32)15-8-4-5-9-16(15)21(29)33/h4-5,8-9H,2-3,6-7,10-13H2,1H3,(H,27,31). The fourth-order valence-corrected chi connectivity index (χ4v) is 3.89. The van der Waals surface area contributed by atoms with Crippen molar-refractivity contribution >= 4 is 29.3 Å². The second-order valence-electron chi connectivity index (χ2n) is 7.79. The summed E-state index contributed by atoms with van der Waals surface area (Å²) in [6.45, 7) is 2.26. The number of nitrogens with zero attached hydrogens (tertiary/aromatic N) is 3. The summed E-state index contributed by atoms with van der Waals surface area (Å²) < 4.78 is 39.7. The largest absolute Gasteiger partial charge is 0.436 e. The molecule has 178 valence electrons. The van der Waals surface area contributed by atoms with Crippen LogP contribution in [0.5, 0.6) is 0 Å². The summed E-state index contributed by atoms with van der Waals surface area (Å²) in [5.41, 5.74) is -0.0338. The summed E-state index contributed by atoms with van der Waals surface area (Å²) >= 11 is 5.71. The van der Waals surface area contributed by atoms with Gasteiger partial charge >= 0.3 is 6.18 Å². The fraction of sp³-hybridized carbons (Fsp3) is 0.455. The number of halogens is 4. The van der Waals surface area contributed by atoms with Gasteiger partial charge in [0.05, 0.1) is 21.8 Å². The van der Waals surface area contributed by atoms with Gasteiger partial charge in [-0.3, -0.25) is 24.0 Å². The van der Waals surface area contributed by atoms with Crippen LogP contribution in [-0.2, 0) is 17.5 Å².